The molecule has 0 aromatic heterocycles. The van der Waals surface area contributed by atoms with Crippen molar-refractivity contribution in [2.45, 2.75) is 75.8 Å². The standard InChI is InChI=1S/C22H32O6/c1-3-15-25-17-9-5-7-11-19(17)27-21(23)13-14-22(24)28-20-12-8-6-10-18(20)26-16-4-2/h3-4,13-14,17-20H,1-2,5-12,15-16H2/b14-13+. The van der Waals surface area contributed by atoms with Crippen molar-refractivity contribution in [2.75, 3.05) is 13.2 Å². The number of ether oxygens (including phenoxy) is 4. The second-order valence-electron chi connectivity index (χ2n) is 7.17. The Bertz CT molecular complexity index is 507. The summed E-state index contributed by atoms with van der Waals surface area (Å²) in [5.74, 6) is -1.11. The van der Waals surface area contributed by atoms with E-state index in [4.69, 9.17) is 18.9 Å². The van der Waals surface area contributed by atoms with Crippen LogP contribution in [-0.2, 0) is 28.5 Å². The molecule has 2 saturated carbocycles. The molecule has 4 atom stereocenters. The highest BCUT2D eigenvalue weighted by Gasteiger charge is 2.29. The second-order valence-corrected chi connectivity index (χ2v) is 7.17. The fraction of sp³-hybridized carbons (Fsp3) is 0.636. The monoisotopic (exact) mass is 392 g/mol. The van der Waals surface area contributed by atoms with Crippen LogP contribution in [0.1, 0.15) is 51.4 Å². The van der Waals surface area contributed by atoms with Crippen LogP contribution in [0.15, 0.2) is 37.5 Å². The number of esters is 2. The molecule has 2 fully saturated rings. The van der Waals surface area contributed by atoms with Crippen molar-refractivity contribution in [3.8, 4) is 0 Å². The lowest BCUT2D eigenvalue weighted by molar-refractivity contribution is -0.157. The third-order valence-electron chi connectivity index (χ3n) is 5.03. The number of hydrogen-bond donors (Lipinski definition) is 0. The van der Waals surface area contributed by atoms with E-state index in [2.05, 4.69) is 13.2 Å². The van der Waals surface area contributed by atoms with E-state index in [-0.39, 0.29) is 24.4 Å². The molecule has 156 valence electrons. The van der Waals surface area contributed by atoms with E-state index in [1.165, 1.54) is 0 Å². The van der Waals surface area contributed by atoms with Gasteiger partial charge in [-0.2, -0.15) is 0 Å². The van der Waals surface area contributed by atoms with E-state index in [1.54, 1.807) is 12.2 Å². The Morgan fingerprint density at radius 3 is 1.39 bits per heavy atom. The topological polar surface area (TPSA) is 71.1 Å². The summed E-state index contributed by atoms with van der Waals surface area (Å²) in [5.41, 5.74) is 0. The zero-order valence-electron chi connectivity index (χ0n) is 16.6. The molecule has 2 rings (SSSR count). The first-order valence-corrected chi connectivity index (χ1v) is 10.2. The van der Waals surface area contributed by atoms with E-state index in [1.807, 2.05) is 0 Å². The Morgan fingerprint density at radius 1 is 0.679 bits per heavy atom. The van der Waals surface area contributed by atoms with Gasteiger partial charge in [-0.15, -0.1) is 13.2 Å². The van der Waals surface area contributed by atoms with Crippen LogP contribution in [0.4, 0.5) is 0 Å². The zero-order chi connectivity index (χ0) is 20.2. The Morgan fingerprint density at radius 2 is 1.04 bits per heavy atom. The molecule has 0 heterocycles. The molecule has 0 amide bonds. The van der Waals surface area contributed by atoms with Crippen LogP contribution in [0.3, 0.4) is 0 Å². The Hall–Kier alpha value is -1.92. The highest BCUT2D eigenvalue weighted by molar-refractivity contribution is 5.91. The first-order chi connectivity index (χ1) is 13.6. The van der Waals surface area contributed by atoms with Gasteiger partial charge in [-0.05, 0) is 38.5 Å². The van der Waals surface area contributed by atoms with Gasteiger partial charge in [-0.25, -0.2) is 9.59 Å². The molecule has 2 aliphatic rings. The van der Waals surface area contributed by atoms with Crippen LogP contribution < -0.4 is 0 Å². The van der Waals surface area contributed by atoms with E-state index in [0.717, 1.165) is 63.5 Å². The molecule has 28 heavy (non-hydrogen) atoms. The molecular formula is C22H32O6. The van der Waals surface area contributed by atoms with Gasteiger partial charge in [-0.3, -0.25) is 0 Å². The predicted molar refractivity (Wildman–Crippen MR) is 106 cm³/mol. The van der Waals surface area contributed by atoms with Gasteiger partial charge in [-0.1, -0.05) is 25.0 Å². The third kappa shape index (κ3) is 7.60. The van der Waals surface area contributed by atoms with Gasteiger partial charge in [0.1, 0.15) is 12.2 Å². The number of rotatable bonds is 10. The van der Waals surface area contributed by atoms with Crippen LogP contribution in [0.5, 0.6) is 0 Å². The van der Waals surface area contributed by atoms with Crippen molar-refractivity contribution in [1.29, 1.82) is 0 Å². The van der Waals surface area contributed by atoms with Crippen molar-refractivity contribution >= 4 is 11.9 Å². The average molecular weight is 392 g/mol. The van der Waals surface area contributed by atoms with Crippen molar-refractivity contribution in [3.05, 3.63) is 37.5 Å². The van der Waals surface area contributed by atoms with E-state index >= 15 is 0 Å². The normalized spacial score (nSPS) is 27.9. The first-order valence-electron chi connectivity index (χ1n) is 10.2. The first kappa shape index (κ1) is 22.4. The summed E-state index contributed by atoms with van der Waals surface area (Å²) in [6, 6.07) is 0. The maximum atomic E-state index is 12.1. The maximum Gasteiger partial charge on any atom is 0.331 e. The minimum absolute atomic E-state index is 0.124. The molecule has 0 radical (unpaired) electrons. The summed E-state index contributed by atoms with van der Waals surface area (Å²) in [7, 11) is 0. The summed E-state index contributed by atoms with van der Waals surface area (Å²) >= 11 is 0. The largest absolute Gasteiger partial charge is 0.456 e. The predicted octanol–water partition coefficient (Wildman–Crippen LogP) is 3.66. The number of carbonyl (C=O) groups is 2. The van der Waals surface area contributed by atoms with Gasteiger partial charge < -0.3 is 18.9 Å². The smallest absolute Gasteiger partial charge is 0.331 e. The molecular weight excluding hydrogens is 360 g/mol. The molecule has 0 saturated heterocycles. The van der Waals surface area contributed by atoms with E-state index in [9.17, 15) is 9.59 Å². The number of hydrogen-bond acceptors (Lipinski definition) is 6. The highest BCUT2D eigenvalue weighted by Crippen LogP contribution is 2.25. The third-order valence-corrected chi connectivity index (χ3v) is 5.03. The second kappa shape index (κ2) is 12.5. The molecule has 6 nitrogen and oxygen atoms in total. The van der Waals surface area contributed by atoms with E-state index in [0.29, 0.717) is 13.2 Å². The summed E-state index contributed by atoms with van der Waals surface area (Å²) in [4.78, 5) is 24.2. The summed E-state index contributed by atoms with van der Waals surface area (Å²) in [6.45, 7) is 8.14. The Kier molecular flexibility index (Phi) is 10.0. The van der Waals surface area contributed by atoms with Crippen LogP contribution in [0.25, 0.3) is 0 Å². The Balaban J connectivity index is 1.80. The van der Waals surface area contributed by atoms with Crippen LogP contribution in [0.2, 0.25) is 0 Å². The molecule has 0 aromatic carbocycles. The van der Waals surface area contributed by atoms with E-state index < -0.39 is 11.9 Å². The average Bonchev–Trinajstić information content (AvgIpc) is 2.71. The van der Waals surface area contributed by atoms with Gasteiger partial charge in [0.15, 0.2) is 0 Å². The molecule has 6 heteroatoms. The lowest BCUT2D eigenvalue weighted by Gasteiger charge is -2.30. The minimum atomic E-state index is -0.556. The van der Waals surface area contributed by atoms with Crippen molar-refractivity contribution < 1.29 is 28.5 Å². The SMILES string of the molecule is C=CCOC1CCCCC1OC(=O)/C=C/C(=O)OC1CCCCC1OCC=C. The zero-order valence-corrected chi connectivity index (χ0v) is 16.6. The van der Waals surface area contributed by atoms with Crippen molar-refractivity contribution in [1.82, 2.24) is 0 Å². The molecule has 0 aromatic rings. The fourth-order valence-electron chi connectivity index (χ4n) is 3.67. The van der Waals surface area contributed by atoms with Gasteiger partial charge in [0, 0.05) is 12.2 Å². The number of carbonyl (C=O) groups excluding carboxylic acids is 2. The van der Waals surface area contributed by atoms with Crippen molar-refractivity contribution in [2.24, 2.45) is 0 Å². The molecule has 4 unspecified atom stereocenters. The highest BCUT2D eigenvalue weighted by atomic mass is 16.6. The molecule has 0 N–H and O–H groups in total. The van der Waals surface area contributed by atoms with Crippen LogP contribution in [-0.4, -0.2) is 49.6 Å². The quantitative estimate of drug-likeness (QED) is 0.321. The van der Waals surface area contributed by atoms with Gasteiger partial charge in [0.25, 0.3) is 0 Å². The summed E-state index contributed by atoms with van der Waals surface area (Å²) < 4.78 is 22.3. The van der Waals surface area contributed by atoms with Crippen LogP contribution >= 0.6 is 0 Å². The van der Waals surface area contributed by atoms with Crippen molar-refractivity contribution in [3.63, 3.8) is 0 Å². The van der Waals surface area contributed by atoms with Gasteiger partial charge >= 0.3 is 11.9 Å². The lowest BCUT2D eigenvalue weighted by atomic mass is 9.94. The molecule has 0 bridgehead atoms. The minimum Gasteiger partial charge on any atom is -0.456 e. The Labute approximate surface area is 167 Å². The molecule has 2 aliphatic carbocycles. The van der Waals surface area contributed by atoms with Gasteiger partial charge in [0.2, 0.25) is 0 Å². The van der Waals surface area contributed by atoms with Gasteiger partial charge in [0.05, 0.1) is 25.4 Å². The molecule has 0 aliphatic heterocycles. The maximum absolute atomic E-state index is 12.1. The van der Waals surface area contributed by atoms with Crippen LogP contribution in [0, 0.1) is 0 Å². The molecule has 0 spiro atoms. The fourth-order valence-corrected chi connectivity index (χ4v) is 3.67. The summed E-state index contributed by atoms with van der Waals surface area (Å²) in [6.07, 6.45) is 12.1. The lowest BCUT2D eigenvalue weighted by Crippen LogP contribution is -2.36. The summed E-state index contributed by atoms with van der Waals surface area (Å²) in [5, 5.41) is 0.